The maximum absolute atomic E-state index is 11.9. The van der Waals surface area contributed by atoms with Crippen LogP contribution in [0.25, 0.3) is 0 Å². The van der Waals surface area contributed by atoms with Crippen LogP contribution >= 0.6 is 0 Å². The van der Waals surface area contributed by atoms with Gasteiger partial charge in [-0.25, -0.2) is 0 Å². The second kappa shape index (κ2) is 4.85. The fraction of sp³-hybridized carbons (Fsp3) is 0.533. The highest BCUT2D eigenvalue weighted by atomic mass is 16.5. The number of hydrogen-bond acceptors (Lipinski definition) is 3. The monoisotopic (exact) mass is 262 g/mol. The number of likely N-dealkylation sites (N-methyl/N-ethyl adjacent to an activating group) is 1. The van der Waals surface area contributed by atoms with E-state index in [2.05, 4.69) is 13.8 Å². The Hall–Kier alpha value is -1.55. The van der Waals surface area contributed by atoms with E-state index in [1.54, 1.807) is 18.9 Å². The average molecular weight is 262 g/mol. The van der Waals surface area contributed by atoms with Crippen molar-refractivity contribution in [2.45, 2.75) is 33.3 Å². The Labute approximate surface area is 114 Å². The van der Waals surface area contributed by atoms with Crippen molar-refractivity contribution in [1.82, 2.24) is 0 Å². The maximum Gasteiger partial charge on any atom is 0.267 e. The Morgan fingerprint density at radius 3 is 2.74 bits per heavy atom. The molecule has 0 fully saturated rings. The number of nitrogens with two attached hydrogens (primary N) is 1. The van der Waals surface area contributed by atoms with Crippen LogP contribution in [0, 0.1) is 5.41 Å². The molecular weight excluding hydrogens is 240 g/mol. The molecule has 2 rings (SSSR count). The summed E-state index contributed by atoms with van der Waals surface area (Å²) in [5.74, 6) is 0.756. The van der Waals surface area contributed by atoms with Gasteiger partial charge in [0.1, 0.15) is 5.75 Å². The number of anilines is 1. The number of ether oxygens (including phenoxy) is 1. The lowest BCUT2D eigenvalue weighted by molar-refractivity contribution is -0.125. The zero-order valence-electron chi connectivity index (χ0n) is 12.1. The normalized spacial score (nSPS) is 19.1. The Morgan fingerprint density at radius 2 is 2.11 bits per heavy atom. The van der Waals surface area contributed by atoms with Gasteiger partial charge in [-0.05, 0) is 43.0 Å². The van der Waals surface area contributed by atoms with Gasteiger partial charge >= 0.3 is 0 Å². The lowest BCUT2D eigenvalue weighted by Crippen LogP contribution is -2.42. The summed E-state index contributed by atoms with van der Waals surface area (Å²) >= 11 is 0. The first-order valence-corrected chi connectivity index (χ1v) is 6.61. The highest BCUT2D eigenvalue weighted by Gasteiger charge is 2.29. The number of benzene rings is 1. The summed E-state index contributed by atoms with van der Waals surface area (Å²) in [6, 6.07) is 6.01. The van der Waals surface area contributed by atoms with Crippen molar-refractivity contribution >= 4 is 11.6 Å². The van der Waals surface area contributed by atoms with E-state index in [1.807, 2.05) is 18.2 Å². The number of carbonyl (C=O) groups excluding carboxylic acids is 1. The Balaban J connectivity index is 2.31. The molecule has 1 aliphatic heterocycles. The predicted molar refractivity (Wildman–Crippen MR) is 76.5 cm³/mol. The van der Waals surface area contributed by atoms with Gasteiger partial charge in [0.2, 0.25) is 0 Å². The first kappa shape index (κ1) is 13.9. The third kappa shape index (κ3) is 2.73. The van der Waals surface area contributed by atoms with E-state index in [4.69, 9.17) is 10.5 Å². The highest BCUT2D eigenvalue weighted by molar-refractivity contribution is 5.99. The first-order chi connectivity index (χ1) is 8.84. The second-order valence-electron chi connectivity index (χ2n) is 6.00. The number of rotatable bonds is 3. The molecule has 104 valence electrons. The van der Waals surface area contributed by atoms with Gasteiger partial charge in [-0.3, -0.25) is 4.79 Å². The molecule has 0 saturated carbocycles. The quantitative estimate of drug-likeness (QED) is 0.906. The van der Waals surface area contributed by atoms with E-state index in [1.165, 1.54) is 5.56 Å². The third-order valence-corrected chi connectivity index (χ3v) is 3.60. The Morgan fingerprint density at radius 1 is 1.42 bits per heavy atom. The van der Waals surface area contributed by atoms with Gasteiger partial charge in [-0.1, -0.05) is 19.9 Å². The fourth-order valence-corrected chi connectivity index (χ4v) is 2.29. The average Bonchev–Trinajstić information content (AvgIpc) is 2.37. The van der Waals surface area contributed by atoms with Crippen LogP contribution in [0.4, 0.5) is 5.69 Å². The fourth-order valence-electron chi connectivity index (χ4n) is 2.29. The van der Waals surface area contributed by atoms with Crippen LogP contribution in [0.15, 0.2) is 18.2 Å². The van der Waals surface area contributed by atoms with E-state index in [9.17, 15) is 4.79 Å². The molecule has 4 heteroatoms. The van der Waals surface area contributed by atoms with Crippen molar-refractivity contribution < 1.29 is 9.53 Å². The standard InChI is InChI=1S/C15H22N2O2/c1-10-14(18)17(4)12-7-11(5-6-13(12)19-10)8-15(2,3)9-16/h5-7,10H,8-9,16H2,1-4H3. The van der Waals surface area contributed by atoms with Crippen LogP contribution in [0.2, 0.25) is 0 Å². The minimum absolute atomic E-state index is 0.0114. The zero-order chi connectivity index (χ0) is 14.2. The lowest BCUT2D eigenvalue weighted by atomic mass is 9.86. The molecule has 1 atom stereocenters. The van der Waals surface area contributed by atoms with Gasteiger partial charge in [0, 0.05) is 7.05 Å². The number of hydrogen-bond donors (Lipinski definition) is 1. The van der Waals surface area contributed by atoms with Crippen LogP contribution in [-0.4, -0.2) is 25.6 Å². The molecule has 1 aromatic rings. The zero-order valence-corrected chi connectivity index (χ0v) is 12.1. The van der Waals surface area contributed by atoms with Crippen LogP contribution in [-0.2, 0) is 11.2 Å². The Bertz CT molecular complexity index is 497. The van der Waals surface area contributed by atoms with Crippen molar-refractivity contribution in [3.05, 3.63) is 23.8 Å². The number of amides is 1. The molecule has 0 aliphatic carbocycles. The minimum atomic E-state index is -0.413. The smallest absolute Gasteiger partial charge is 0.267 e. The van der Waals surface area contributed by atoms with Gasteiger partial charge in [0.15, 0.2) is 6.10 Å². The van der Waals surface area contributed by atoms with Gasteiger partial charge < -0.3 is 15.4 Å². The second-order valence-corrected chi connectivity index (χ2v) is 6.00. The molecule has 19 heavy (non-hydrogen) atoms. The van der Waals surface area contributed by atoms with Crippen molar-refractivity contribution in [2.75, 3.05) is 18.5 Å². The van der Waals surface area contributed by atoms with Crippen LogP contribution in [0.5, 0.6) is 5.75 Å². The summed E-state index contributed by atoms with van der Waals surface area (Å²) in [4.78, 5) is 13.6. The van der Waals surface area contributed by atoms with Gasteiger partial charge in [0.05, 0.1) is 5.69 Å². The molecule has 0 saturated heterocycles. The molecule has 1 unspecified atom stereocenters. The van der Waals surface area contributed by atoms with E-state index in [0.717, 1.165) is 17.9 Å². The minimum Gasteiger partial charge on any atom is -0.479 e. The van der Waals surface area contributed by atoms with E-state index >= 15 is 0 Å². The van der Waals surface area contributed by atoms with Crippen molar-refractivity contribution in [1.29, 1.82) is 0 Å². The van der Waals surface area contributed by atoms with E-state index in [-0.39, 0.29) is 11.3 Å². The highest BCUT2D eigenvalue weighted by Crippen LogP contribution is 2.35. The number of carbonyl (C=O) groups is 1. The summed E-state index contributed by atoms with van der Waals surface area (Å²) in [6.45, 7) is 6.68. The number of nitrogens with zero attached hydrogens (tertiary/aromatic N) is 1. The molecule has 2 N–H and O–H groups in total. The maximum atomic E-state index is 11.9. The summed E-state index contributed by atoms with van der Waals surface area (Å²) in [7, 11) is 1.79. The summed E-state index contributed by atoms with van der Waals surface area (Å²) in [6.07, 6.45) is 0.470. The molecule has 0 spiro atoms. The third-order valence-electron chi connectivity index (χ3n) is 3.60. The Kier molecular flexibility index (Phi) is 3.54. The van der Waals surface area contributed by atoms with Crippen molar-refractivity contribution in [3.63, 3.8) is 0 Å². The molecular formula is C15H22N2O2. The lowest BCUT2D eigenvalue weighted by Gasteiger charge is -2.31. The van der Waals surface area contributed by atoms with Crippen LogP contribution < -0.4 is 15.4 Å². The molecule has 0 bridgehead atoms. The molecule has 0 radical (unpaired) electrons. The largest absolute Gasteiger partial charge is 0.479 e. The first-order valence-electron chi connectivity index (χ1n) is 6.61. The summed E-state index contributed by atoms with van der Waals surface area (Å²) in [5.41, 5.74) is 7.84. The molecule has 1 amide bonds. The molecule has 1 aliphatic rings. The van der Waals surface area contributed by atoms with Gasteiger partial charge in [-0.15, -0.1) is 0 Å². The molecule has 1 aromatic carbocycles. The van der Waals surface area contributed by atoms with E-state index < -0.39 is 6.10 Å². The SMILES string of the molecule is CC1Oc2ccc(CC(C)(C)CN)cc2N(C)C1=O. The summed E-state index contributed by atoms with van der Waals surface area (Å²) in [5, 5.41) is 0. The molecule has 0 aromatic heterocycles. The molecule has 1 heterocycles. The molecule has 4 nitrogen and oxygen atoms in total. The van der Waals surface area contributed by atoms with Gasteiger partial charge in [0.25, 0.3) is 5.91 Å². The van der Waals surface area contributed by atoms with Crippen LogP contribution in [0.3, 0.4) is 0 Å². The van der Waals surface area contributed by atoms with Crippen molar-refractivity contribution in [2.24, 2.45) is 11.1 Å². The van der Waals surface area contributed by atoms with Crippen molar-refractivity contribution in [3.8, 4) is 5.75 Å². The topological polar surface area (TPSA) is 55.6 Å². The predicted octanol–water partition coefficient (Wildman–Crippen LogP) is 1.96. The van der Waals surface area contributed by atoms with Crippen LogP contribution in [0.1, 0.15) is 26.3 Å². The van der Waals surface area contributed by atoms with E-state index in [0.29, 0.717) is 6.54 Å². The number of fused-ring (bicyclic) bond motifs is 1. The van der Waals surface area contributed by atoms with Gasteiger partial charge in [-0.2, -0.15) is 0 Å². The summed E-state index contributed by atoms with van der Waals surface area (Å²) < 4.78 is 5.61.